The normalized spacial score (nSPS) is 22.8. The van der Waals surface area contributed by atoms with Crippen LogP contribution in [-0.2, 0) is 0 Å². The number of benzene rings is 1. The van der Waals surface area contributed by atoms with Crippen LogP contribution in [0.15, 0.2) is 24.3 Å². The number of amides is 2. The number of nitrogens with one attached hydrogen (secondary N) is 2. The van der Waals surface area contributed by atoms with Crippen LogP contribution in [0.3, 0.4) is 0 Å². The minimum atomic E-state index is -0.464. The van der Waals surface area contributed by atoms with Crippen molar-refractivity contribution in [2.24, 2.45) is 5.92 Å². The average molecular weight is 252 g/mol. The molecule has 0 heterocycles. The number of halogens is 1. The summed E-state index contributed by atoms with van der Waals surface area (Å²) in [5, 5.41) is 14.7. The van der Waals surface area contributed by atoms with Crippen molar-refractivity contribution in [3.05, 3.63) is 30.1 Å². The Hall–Kier alpha value is -1.62. The predicted octanol–water partition coefficient (Wildman–Crippen LogP) is 2.11. The Labute approximate surface area is 105 Å². The molecule has 18 heavy (non-hydrogen) atoms. The number of hydrogen-bond acceptors (Lipinski definition) is 2. The van der Waals surface area contributed by atoms with Gasteiger partial charge in [0.1, 0.15) is 5.82 Å². The van der Waals surface area contributed by atoms with E-state index in [2.05, 4.69) is 10.6 Å². The van der Waals surface area contributed by atoms with Crippen molar-refractivity contribution in [2.75, 3.05) is 11.9 Å². The molecule has 2 amide bonds. The van der Waals surface area contributed by atoms with Crippen molar-refractivity contribution in [1.29, 1.82) is 0 Å². The van der Waals surface area contributed by atoms with E-state index in [4.69, 9.17) is 0 Å². The minimum Gasteiger partial charge on any atom is -0.393 e. The summed E-state index contributed by atoms with van der Waals surface area (Å²) in [5.74, 6) is -0.357. The third-order valence-electron chi connectivity index (χ3n) is 3.27. The van der Waals surface area contributed by atoms with Crippen LogP contribution in [0.2, 0.25) is 0 Å². The van der Waals surface area contributed by atoms with Crippen molar-refractivity contribution in [1.82, 2.24) is 5.32 Å². The predicted molar refractivity (Wildman–Crippen MR) is 66.8 cm³/mol. The van der Waals surface area contributed by atoms with Gasteiger partial charge in [-0.2, -0.15) is 0 Å². The van der Waals surface area contributed by atoms with E-state index in [0.717, 1.165) is 19.3 Å². The van der Waals surface area contributed by atoms with Crippen molar-refractivity contribution in [2.45, 2.75) is 25.4 Å². The number of aliphatic hydroxyl groups excluding tert-OH is 1. The third-order valence-corrected chi connectivity index (χ3v) is 3.27. The lowest BCUT2D eigenvalue weighted by molar-refractivity contribution is 0.133. The summed E-state index contributed by atoms with van der Waals surface area (Å²) >= 11 is 0. The quantitative estimate of drug-likeness (QED) is 0.771. The molecule has 0 spiro atoms. The molecule has 1 aliphatic carbocycles. The van der Waals surface area contributed by atoms with Crippen LogP contribution >= 0.6 is 0 Å². The van der Waals surface area contributed by atoms with Gasteiger partial charge in [-0.25, -0.2) is 9.18 Å². The van der Waals surface area contributed by atoms with Crippen LogP contribution in [0, 0.1) is 11.7 Å². The number of anilines is 1. The van der Waals surface area contributed by atoms with Crippen molar-refractivity contribution < 1.29 is 14.3 Å². The van der Waals surface area contributed by atoms with E-state index < -0.39 is 11.8 Å². The third kappa shape index (κ3) is 3.20. The summed E-state index contributed by atoms with van der Waals surface area (Å²) in [6.45, 7) is 0.418. The molecule has 2 rings (SSSR count). The van der Waals surface area contributed by atoms with Crippen LogP contribution in [0.4, 0.5) is 14.9 Å². The molecule has 1 aromatic rings. The molecule has 4 nitrogen and oxygen atoms in total. The zero-order chi connectivity index (χ0) is 13.0. The maximum Gasteiger partial charge on any atom is 0.319 e. The fourth-order valence-corrected chi connectivity index (χ4v) is 2.21. The Kier molecular flexibility index (Phi) is 4.15. The minimum absolute atomic E-state index is 0.108. The van der Waals surface area contributed by atoms with Gasteiger partial charge in [-0.05, 0) is 25.0 Å². The first kappa shape index (κ1) is 12.8. The molecular weight excluding hydrogens is 235 g/mol. The fraction of sp³-hybridized carbons (Fsp3) is 0.462. The largest absolute Gasteiger partial charge is 0.393 e. The Morgan fingerprint density at radius 2 is 2.17 bits per heavy atom. The van der Waals surface area contributed by atoms with Gasteiger partial charge in [-0.3, -0.25) is 0 Å². The van der Waals surface area contributed by atoms with Gasteiger partial charge in [0.05, 0.1) is 11.8 Å². The van der Waals surface area contributed by atoms with Crippen molar-refractivity contribution >= 4 is 11.7 Å². The summed E-state index contributed by atoms with van der Waals surface area (Å²) in [7, 11) is 0. The lowest BCUT2D eigenvalue weighted by Gasteiger charge is -2.15. The molecule has 98 valence electrons. The lowest BCUT2D eigenvalue weighted by Crippen LogP contribution is -2.35. The number of hydrogen-bond donors (Lipinski definition) is 3. The van der Waals surface area contributed by atoms with Gasteiger partial charge in [0.2, 0.25) is 0 Å². The Morgan fingerprint density at radius 1 is 1.39 bits per heavy atom. The van der Waals surface area contributed by atoms with E-state index in [1.807, 2.05) is 0 Å². The highest BCUT2D eigenvalue weighted by atomic mass is 19.1. The van der Waals surface area contributed by atoms with Crippen molar-refractivity contribution in [3.8, 4) is 0 Å². The van der Waals surface area contributed by atoms with Crippen LogP contribution in [0.25, 0.3) is 0 Å². The van der Waals surface area contributed by atoms with E-state index in [1.165, 1.54) is 12.1 Å². The molecule has 3 N–H and O–H groups in total. The number of carbonyl (C=O) groups is 1. The van der Waals surface area contributed by atoms with Crippen molar-refractivity contribution in [3.63, 3.8) is 0 Å². The number of carbonyl (C=O) groups excluding carboxylic acids is 1. The van der Waals surface area contributed by atoms with Gasteiger partial charge < -0.3 is 15.7 Å². The molecule has 2 atom stereocenters. The molecular formula is C13H17FN2O2. The summed E-state index contributed by atoms with van der Waals surface area (Å²) in [6.07, 6.45) is 2.36. The standard InChI is InChI=1S/C13H17FN2O2/c14-10-5-1-2-6-11(10)16-13(18)15-8-9-4-3-7-12(9)17/h1-2,5-6,9,12,17H,3-4,7-8H2,(H2,15,16,18). The molecule has 0 bridgehead atoms. The molecule has 0 saturated heterocycles. The first-order valence-corrected chi connectivity index (χ1v) is 6.14. The maximum absolute atomic E-state index is 13.3. The summed E-state index contributed by atoms with van der Waals surface area (Å²) in [5.41, 5.74) is 0.155. The van der Waals surface area contributed by atoms with Gasteiger partial charge in [0.15, 0.2) is 0 Å². The van der Waals surface area contributed by atoms with Gasteiger partial charge in [0, 0.05) is 12.5 Å². The second-order valence-corrected chi connectivity index (χ2v) is 4.57. The summed E-state index contributed by atoms with van der Waals surface area (Å²) in [4.78, 5) is 11.6. The van der Waals surface area contributed by atoms with Crippen LogP contribution in [0.1, 0.15) is 19.3 Å². The topological polar surface area (TPSA) is 61.4 Å². The molecule has 2 unspecified atom stereocenters. The Morgan fingerprint density at radius 3 is 2.83 bits per heavy atom. The van der Waals surface area contributed by atoms with E-state index in [9.17, 15) is 14.3 Å². The van der Waals surface area contributed by atoms with Crippen LogP contribution < -0.4 is 10.6 Å². The van der Waals surface area contributed by atoms with E-state index in [-0.39, 0.29) is 17.7 Å². The molecule has 1 aliphatic rings. The van der Waals surface area contributed by atoms with E-state index in [0.29, 0.717) is 6.54 Å². The number of urea groups is 1. The van der Waals surface area contributed by atoms with E-state index in [1.54, 1.807) is 12.1 Å². The van der Waals surface area contributed by atoms with Gasteiger partial charge in [-0.1, -0.05) is 18.6 Å². The van der Waals surface area contributed by atoms with Crippen LogP contribution in [0.5, 0.6) is 0 Å². The lowest BCUT2D eigenvalue weighted by atomic mass is 10.1. The van der Waals surface area contributed by atoms with Gasteiger partial charge in [0.25, 0.3) is 0 Å². The smallest absolute Gasteiger partial charge is 0.319 e. The second-order valence-electron chi connectivity index (χ2n) is 4.57. The average Bonchev–Trinajstić information content (AvgIpc) is 2.75. The highest BCUT2D eigenvalue weighted by molar-refractivity contribution is 5.89. The highest BCUT2D eigenvalue weighted by Crippen LogP contribution is 2.24. The first-order chi connectivity index (χ1) is 8.66. The van der Waals surface area contributed by atoms with E-state index >= 15 is 0 Å². The zero-order valence-electron chi connectivity index (χ0n) is 10.0. The van der Waals surface area contributed by atoms with Gasteiger partial charge >= 0.3 is 6.03 Å². The molecule has 1 fully saturated rings. The highest BCUT2D eigenvalue weighted by Gasteiger charge is 2.25. The molecule has 0 radical (unpaired) electrons. The number of aliphatic hydroxyl groups is 1. The number of para-hydroxylation sites is 1. The maximum atomic E-state index is 13.3. The Balaban J connectivity index is 1.80. The summed E-state index contributed by atoms with van der Waals surface area (Å²) in [6, 6.07) is 5.56. The zero-order valence-corrected chi connectivity index (χ0v) is 10.0. The second kappa shape index (κ2) is 5.82. The first-order valence-electron chi connectivity index (χ1n) is 6.14. The summed E-state index contributed by atoms with van der Waals surface area (Å²) < 4.78 is 13.3. The molecule has 5 heteroatoms. The Bertz CT molecular complexity index is 425. The fourth-order valence-electron chi connectivity index (χ4n) is 2.21. The SMILES string of the molecule is O=C(NCC1CCCC1O)Nc1ccccc1F. The molecule has 0 aromatic heterocycles. The molecule has 1 aromatic carbocycles. The molecule has 1 saturated carbocycles. The van der Waals surface area contributed by atoms with Gasteiger partial charge in [-0.15, -0.1) is 0 Å². The molecule has 0 aliphatic heterocycles. The number of rotatable bonds is 3. The van der Waals surface area contributed by atoms with Crippen LogP contribution in [-0.4, -0.2) is 23.8 Å². The monoisotopic (exact) mass is 252 g/mol.